The van der Waals surface area contributed by atoms with Crippen LogP contribution in [0.15, 0.2) is 29.2 Å². The van der Waals surface area contributed by atoms with Crippen LogP contribution in [-0.4, -0.2) is 27.9 Å². The van der Waals surface area contributed by atoms with Crippen LogP contribution in [0.3, 0.4) is 0 Å². The number of hydrogen-bond donors (Lipinski definition) is 1. The Labute approximate surface area is 134 Å². The van der Waals surface area contributed by atoms with Crippen molar-refractivity contribution in [3.05, 3.63) is 36.4 Å². The molecule has 0 spiro atoms. The van der Waals surface area contributed by atoms with Crippen LogP contribution in [-0.2, 0) is 10.1 Å². The van der Waals surface area contributed by atoms with Crippen molar-refractivity contribution in [2.45, 2.75) is 4.90 Å². The van der Waals surface area contributed by atoms with E-state index in [2.05, 4.69) is 20.3 Å². The SMILES string of the molecule is O=S(=O)([O-])c1cccc(Nc2nc(F)nc(F)n2)c1.[Na+]. The Kier molecular flexibility index (Phi) is 5.48. The molecule has 0 saturated carbocycles. The van der Waals surface area contributed by atoms with Crippen LogP contribution in [0.1, 0.15) is 0 Å². The van der Waals surface area contributed by atoms with Crippen LogP contribution < -0.4 is 34.9 Å². The first-order valence-corrected chi connectivity index (χ1v) is 6.15. The largest absolute Gasteiger partial charge is 1.00 e. The van der Waals surface area contributed by atoms with Gasteiger partial charge in [0.25, 0.3) is 0 Å². The van der Waals surface area contributed by atoms with E-state index in [1.807, 2.05) is 0 Å². The van der Waals surface area contributed by atoms with Crippen molar-refractivity contribution >= 4 is 21.8 Å². The number of rotatable bonds is 3. The molecule has 0 bridgehead atoms. The van der Waals surface area contributed by atoms with Gasteiger partial charge in [-0.1, -0.05) is 6.07 Å². The first-order valence-electron chi connectivity index (χ1n) is 4.75. The number of anilines is 2. The fraction of sp³-hybridized carbons (Fsp3) is 0. The van der Waals surface area contributed by atoms with Gasteiger partial charge in [0, 0.05) is 5.69 Å². The number of nitrogens with one attached hydrogen (secondary N) is 1. The van der Waals surface area contributed by atoms with Gasteiger partial charge < -0.3 is 9.87 Å². The molecule has 0 aliphatic carbocycles. The van der Waals surface area contributed by atoms with Crippen molar-refractivity contribution in [1.29, 1.82) is 0 Å². The summed E-state index contributed by atoms with van der Waals surface area (Å²) in [6, 6.07) is 4.72. The fourth-order valence-corrected chi connectivity index (χ4v) is 1.76. The van der Waals surface area contributed by atoms with E-state index in [-0.39, 0.29) is 35.2 Å². The Balaban J connectivity index is 0.00000200. The number of aromatic nitrogens is 3. The molecule has 1 aromatic heterocycles. The summed E-state index contributed by atoms with van der Waals surface area (Å²) in [7, 11) is -4.63. The van der Waals surface area contributed by atoms with Crippen molar-refractivity contribution in [2.75, 3.05) is 5.32 Å². The van der Waals surface area contributed by atoms with Gasteiger partial charge in [0.2, 0.25) is 5.95 Å². The zero-order valence-corrected chi connectivity index (χ0v) is 12.9. The molecule has 2 rings (SSSR count). The van der Waals surface area contributed by atoms with Crippen LogP contribution in [0.25, 0.3) is 0 Å². The zero-order valence-electron chi connectivity index (χ0n) is 10.0. The second kappa shape index (κ2) is 6.50. The fourth-order valence-electron chi connectivity index (χ4n) is 1.24. The maximum atomic E-state index is 12.7. The average Bonchev–Trinajstić information content (AvgIpc) is 2.26. The van der Waals surface area contributed by atoms with E-state index in [0.717, 1.165) is 12.1 Å². The van der Waals surface area contributed by atoms with Gasteiger partial charge in [-0.15, -0.1) is 0 Å². The van der Waals surface area contributed by atoms with E-state index < -0.39 is 33.1 Å². The van der Waals surface area contributed by atoms with Crippen molar-refractivity contribution in [3.8, 4) is 0 Å². The molecule has 7 nitrogen and oxygen atoms in total. The summed E-state index contributed by atoms with van der Waals surface area (Å²) < 4.78 is 57.8. The van der Waals surface area contributed by atoms with Crippen molar-refractivity contribution in [1.82, 2.24) is 15.0 Å². The number of nitrogens with zero attached hydrogens (tertiary/aromatic N) is 3. The molecular formula is C9H5F2N4NaO3S. The molecule has 0 aliphatic heterocycles. The Morgan fingerprint density at radius 1 is 1.10 bits per heavy atom. The van der Waals surface area contributed by atoms with Crippen molar-refractivity contribution in [2.24, 2.45) is 0 Å². The van der Waals surface area contributed by atoms with E-state index in [9.17, 15) is 21.8 Å². The van der Waals surface area contributed by atoms with Gasteiger partial charge in [-0.05, 0) is 18.2 Å². The summed E-state index contributed by atoms with van der Waals surface area (Å²) in [6.45, 7) is 0. The maximum absolute atomic E-state index is 12.7. The minimum atomic E-state index is -4.63. The molecule has 1 aromatic carbocycles. The van der Waals surface area contributed by atoms with E-state index in [1.54, 1.807) is 0 Å². The van der Waals surface area contributed by atoms with Crippen LogP contribution in [0.4, 0.5) is 20.4 Å². The second-order valence-corrected chi connectivity index (χ2v) is 4.68. The second-order valence-electron chi connectivity index (χ2n) is 3.30. The zero-order chi connectivity index (χ0) is 14.0. The predicted molar refractivity (Wildman–Crippen MR) is 57.4 cm³/mol. The minimum Gasteiger partial charge on any atom is -0.744 e. The third-order valence-corrected chi connectivity index (χ3v) is 2.79. The molecule has 100 valence electrons. The summed E-state index contributed by atoms with van der Waals surface area (Å²) in [5.41, 5.74) is 0.0851. The van der Waals surface area contributed by atoms with Gasteiger partial charge in [-0.2, -0.15) is 23.7 Å². The quantitative estimate of drug-likeness (QED) is 0.506. The minimum absolute atomic E-state index is 0. The topological polar surface area (TPSA) is 108 Å². The van der Waals surface area contributed by atoms with Gasteiger partial charge in [-0.3, -0.25) is 0 Å². The normalized spacial score (nSPS) is 10.8. The molecule has 20 heavy (non-hydrogen) atoms. The Hall–Kier alpha value is -1.20. The number of hydrogen-bond acceptors (Lipinski definition) is 7. The molecule has 0 amide bonds. The number of benzene rings is 1. The molecule has 0 radical (unpaired) electrons. The molecule has 0 aliphatic rings. The average molecular weight is 310 g/mol. The number of halogens is 2. The van der Waals surface area contributed by atoms with Gasteiger partial charge in [0.05, 0.1) is 4.90 Å². The van der Waals surface area contributed by atoms with Gasteiger partial charge in [0.1, 0.15) is 10.1 Å². The van der Waals surface area contributed by atoms with E-state index in [1.165, 1.54) is 12.1 Å². The monoisotopic (exact) mass is 310 g/mol. The molecule has 0 unspecified atom stereocenters. The van der Waals surface area contributed by atoms with Gasteiger partial charge in [-0.25, -0.2) is 8.42 Å². The van der Waals surface area contributed by atoms with Gasteiger partial charge >= 0.3 is 41.7 Å². The first kappa shape index (κ1) is 16.9. The molecule has 0 fully saturated rings. The Morgan fingerprint density at radius 3 is 2.25 bits per heavy atom. The van der Waals surface area contributed by atoms with E-state index in [4.69, 9.17) is 0 Å². The maximum Gasteiger partial charge on any atom is 1.00 e. The molecule has 0 saturated heterocycles. The van der Waals surface area contributed by atoms with Gasteiger partial charge in [0.15, 0.2) is 0 Å². The van der Waals surface area contributed by atoms with E-state index in [0.29, 0.717) is 0 Å². The molecule has 1 N–H and O–H groups in total. The summed E-state index contributed by atoms with van der Waals surface area (Å²) in [6.07, 6.45) is -2.66. The Bertz CT molecular complexity index is 709. The standard InChI is InChI=1S/C9H6F2N4O3S.Na/c10-7-13-8(11)15-9(14-7)12-5-2-1-3-6(4-5)19(16,17)18;/h1-4H,(H,16,17,18)(H,12,13,14,15);/q;+1/p-1. The van der Waals surface area contributed by atoms with Crippen LogP contribution in [0.2, 0.25) is 0 Å². The summed E-state index contributed by atoms with van der Waals surface area (Å²) >= 11 is 0. The molecule has 0 atom stereocenters. The first-order chi connectivity index (χ1) is 8.84. The van der Waals surface area contributed by atoms with E-state index >= 15 is 0 Å². The molecule has 2 aromatic rings. The van der Waals surface area contributed by atoms with Crippen LogP contribution in [0, 0.1) is 12.2 Å². The van der Waals surface area contributed by atoms with Crippen molar-refractivity contribution in [3.63, 3.8) is 0 Å². The molecular weight excluding hydrogens is 305 g/mol. The Morgan fingerprint density at radius 2 is 1.70 bits per heavy atom. The third kappa shape index (κ3) is 4.42. The predicted octanol–water partition coefficient (Wildman–Crippen LogP) is -2.20. The smallest absolute Gasteiger partial charge is 0.744 e. The summed E-state index contributed by atoms with van der Waals surface area (Å²) in [4.78, 5) is 8.51. The summed E-state index contributed by atoms with van der Waals surface area (Å²) in [5, 5.41) is 2.35. The van der Waals surface area contributed by atoms with Crippen LogP contribution in [0.5, 0.6) is 0 Å². The molecule has 11 heteroatoms. The molecule has 1 heterocycles. The third-order valence-electron chi connectivity index (χ3n) is 1.96. The summed E-state index contributed by atoms with van der Waals surface area (Å²) in [5.74, 6) is -0.453. The van der Waals surface area contributed by atoms with Crippen LogP contribution >= 0.6 is 0 Å². The van der Waals surface area contributed by atoms with Crippen molar-refractivity contribution < 1.29 is 51.3 Å².